The van der Waals surface area contributed by atoms with Gasteiger partial charge in [-0.05, 0) is 44.3 Å². The quantitative estimate of drug-likeness (QED) is 0.719. The second-order valence-corrected chi connectivity index (χ2v) is 5.93. The van der Waals surface area contributed by atoms with Gasteiger partial charge in [-0.1, -0.05) is 27.2 Å². The molecule has 1 fully saturated rings. The molecule has 1 aliphatic rings. The predicted octanol–water partition coefficient (Wildman–Crippen LogP) is 2.04. The summed E-state index contributed by atoms with van der Waals surface area (Å²) in [7, 11) is 1.46. The van der Waals surface area contributed by atoms with E-state index in [9.17, 15) is 4.79 Å². The van der Waals surface area contributed by atoms with Gasteiger partial charge in [0.2, 0.25) is 0 Å². The van der Waals surface area contributed by atoms with Crippen molar-refractivity contribution in [3.8, 4) is 0 Å². The van der Waals surface area contributed by atoms with Crippen LogP contribution in [0.3, 0.4) is 0 Å². The van der Waals surface area contributed by atoms with Crippen molar-refractivity contribution >= 4 is 5.97 Å². The first kappa shape index (κ1) is 16.4. The summed E-state index contributed by atoms with van der Waals surface area (Å²) in [6, 6.07) is -0.158. The van der Waals surface area contributed by atoms with Gasteiger partial charge in [-0.15, -0.1) is 0 Å². The van der Waals surface area contributed by atoms with E-state index in [1.54, 1.807) is 0 Å². The summed E-state index contributed by atoms with van der Waals surface area (Å²) in [5, 5.41) is 3.20. The molecule has 0 aliphatic carbocycles. The van der Waals surface area contributed by atoms with E-state index in [0.29, 0.717) is 5.41 Å². The minimum absolute atomic E-state index is 0.141. The van der Waals surface area contributed by atoms with Crippen molar-refractivity contribution in [1.29, 1.82) is 0 Å². The van der Waals surface area contributed by atoms with Gasteiger partial charge in [0.1, 0.15) is 6.04 Å². The van der Waals surface area contributed by atoms with E-state index in [1.165, 1.54) is 26.4 Å². The number of carbonyl (C=O) groups is 1. The highest BCUT2D eigenvalue weighted by atomic mass is 16.5. The Balaban J connectivity index is 2.34. The normalized spacial score (nSPS) is 21.1. The van der Waals surface area contributed by atoms with E-state index in [-0.39, 0.29) is 12.0 Å². The number of likely N-dealkylation sites (tertiary alicyclic amines) is 1. The van der Waals surface area contributed by atoms with Crippen molar-refractivity contribution in [1.82, 2.24) is 10.2 Å². The average Bonchev–Trinajstić information content (AvgIpc) is 2.44. The summed E-state index contributed by atoms with van der Waals surface area (Å²) in [4.78, 5) is 14.1. The Morgan fingerprint density at radius 3 is 2.47 bits per heavy atom. The summed E-state index contributed by atoms with van der Waals surface area (Å²) in [6.07, 6.45) is 4.65. The van der Waals surface area contributed by atoms with Crippen LogP contribution in [0.25, 0.3) is 0 Å². The highest BCUT2D eigenvalue weighted by Gasteiger charge is 2.28. The molecule has 1 atom stereocenters. The first-order chi connectivity index (χ1) is 9.04. The number of ether oxygens (including phenoxy) is 1. The molecule has 112 valence electrons. The van der Waals surface area contributed by atoms with Gasteiger partial charge in [0.05, 0.1) is 7.11 Å². The summed E-state index contributed by atoms with van der Waals surface area (Å²) >= 11 is 0. The van der Waals surface area contributed by atoms with Crippen LogP contribution in [0.15, 0.2) is 0 Å². The fourth-order valence-corrected chi connectivity index (χ4v) is 2.67. The van der Waals surface area contributed by atoms with Crippen LogP contribution in [0.4, 0.5) is 0 Å². The maximum Gasteiger partial charge on any atom is 0.322 e. The monoisotopic (exact) mass is 270 g/mol. The van der Waals surface area contributed by atoms with Crippen LogP contribution in [-0.2, 0) is 9.53 Å². The largest absolute Gasteiger partial charge is 0.468 e. The highest BCUT2D eigenvalue weighted by molar-refractivity contribution is 5.75. The molecule has 1 saturated heterocycles. The number of carbonyl (C=O) groups excluding carboxylic acids is 1. The van der Waals surface area contributed by atoms with Gasteiger partial charge in [0, 0.05) is 6.54 Å². The van der Waals surface area contributed by atoms with Crippen molar-refractivity contribution in [2.45, 2.75) is 52.5 Å². The smallest absolute Gasteiger partial charge is 0.322 e. The third-order valence-electron chi connectivity index (χ3n) is 4.59. The van der Waals surface area contributed by atoms with Crippen LogP contribution in [0.2, 0.25) is 0 Å². The van der Waals surface area contributed by atoms with Crippen LogP contribution in [0, 0.1) is 5.41 Å². The van der Waals surface area contributed by atoms with E-state index >= 15 is 0 Å². The van der Waals surface area contributed by atoms with E-state index in [1.807, 2.05) is 6.92 Å². The predicted molar refractivity (Wildman–Crippen MR) is 78.2 cm³/mol. The molecule has 1 heterocycles. The fourth-order valence-electron chi connectivity index (χ4n) is 2.67. The van der Waals surface area contributed by atoms with Crippen molar-refractivity contribution < 1.29 is 9.53 Å². The molecule has 1 aliphatic heterocycles. The molecule has 4 nitrogen and oxygen atoms in total. The maximum atomic E-state index is 11.6. The lowest BCUT2D eigenvalue weighted by molar-refractivity contribution is -0.143. The Hall–Kier alpha value is -0.610. The molecule has 0 aromatic carbocycles. The Morgan fingerprint density at radius 2 is 2.00 bits per heavy atom. The molecule has 0 bridgehead atoms. The SMILES string of the molecule is CCNC(CCN1CCC(C)(CC)CC1)C(=O)OC. The molecule has 4 heteroatoms. The molecule has 0 spiro atoms. The molecular weight excluding hydrogens is 240 g/mol. The van der Waals surface area contributed by atoms with Gasteiger partial charge in [0.25, 0.3) is 0 Å². The van der Waals surface area contributed by atoms with Crippen LogP contribution in [0.5, 0.6) is 0 Å². The number of nitrogens with one attached hydrogen (secondary N) is 1. The van der Waals surface area contributed by atoms with Crippen LogP contribution >= 0.6 is 0 Å². The van der Waals surface area contributed by atoms with E-state index in [0.717, 1.165) is 32.6 Å². The lowest BCUT2D eigenvalue weighted by Crippen LogP contribution is -2.43. The van der Waals surface area contributed by atoms with Crippen molar-refractivity contribution in [2.75, 3.05) is 33.3 Å². The van der Waals surface area contributed by atoms with Gasteiger partial charge in [-0.3, -0.25) is 4.79 Å². The molecular formula is C15H30N2O2. The average molecular weight is 270 g/mol. The lowest BCUT2D eigenvalue weighted by Gasteiger charge is -2.39. The van der Waals surface area contributed by atoms with Crippen molar-refractivity contribution in [3.05, 3.63) is 0 Å². The molecule has 19 heavy (non-hydrogen) atoms. The minimum Gasteiger partial charge on any atom is -0.468 e. The van der Waals surface area contributed by atoms with Crippen molar-refractivity contribution in [3.63, 3.8) is 0 Å². The first-order valence-electron chi connectivity index (χ1n) is 7.58. The Bertz CT molecular complexity index is 273. The summed E-state index contributed by atoms with van der Waals surface area (Å²) in [6.45, 7) is 10.8. The number of rotatable bonds is 7. The zero-order chi connectivity index (χ0) is 14.3. The summed E-state index contributed by atoms with van der Waals surface area (Å²) in [5.41, 5.74) is 0.528. The van der Waals surface area contributed by atoms with Crippen LogP contribution in [-0.4, -0.2) is 50.2 Å². The number of piperidine rings is 1. The standard InChI is InChI=1S/C15H30N2O2/c1-5-15(3)8-11-17(12-9-15)10-7-13(16-6-2)14(18)19-4/h13,16H,5-12H2,1-4H3. The van der Waals surface area contributed by atoms with Gasteiger partial charge >= 0.3 is 5.97 Å². The molecule has 1 N–H and O–H groups in total. The summed E-state index contributed by atoms with van der Waals surface area (Å²) < 4.78 is 4.84. The van der Waals surface area contributed by atoms with Gasteiger partial charge < -0.3 is 15.0 Å². The van der Waals surface area contributed by atoms with E-state index in [4.69, 9.17) is 4.74 Å². The Kier molecular flexibility index (Phi) is 6.80. The number of nitrogens with zero attached hydrogens (tertiary/aromatic N) is 1. The number of methoxy groups -OCH3 is 1. The lowest BCUT2D eigenvalue weighted by atomic mass is 9.78. The van der Waals surface area contributed by atoms with Gasteiger partial charge in [-0.25, -0.2) is 0 Å². The number of hydrogen-bond donors (Lipinski definition) is 1. The van der Waals surface area contributed by atoms with Gasteiger partial charge in [0.15, 0.2) is 0 Å². The highest BCUT2D eigenvalue weighted by Crippen LogP contribution is 2.33. The number of esters is 1. The Labute approximate surface area is 117 Å². The van der Waals surface area contributed by atoms with E-state index in [2.05, 4.69) is 24.1 Å². The third-order valence-corrected chi connectivity index (χ3v) is 4.59. The Morgan fingerprint density at radius 1 is 1.37 bits per heavy atom. The molecule has 0 aromatic rings. The minimum atomic E-state index is -0.158. The van der Waals surface area contributed by atoms with E-state index < -0.39 is 0 Å². The zero-order valence-electron chi connectivity index (χ0n) is 13.0. The maximum absolute atomic E-state index is 11.6. The van der Waals surface area contributed by atoms with Gasteiger partial charge in [-0.2, -0.15) is 0 Å². The third kappa shape index (κ3) is 5.11. The zero-order valence-corrected chi connectivity index (χ0v) is 13.0. The first-order valence-corrected chi connectivity index (χ1v) is 7.58. The second-order valence-electron chi connectivity index (χ2n) is 5.93. The molecule has 1 unspecified atom stereocenters. The number of likely N-dealkylation sites (N-methyl/N-ethyl adjacent to an activating group) is 1. The molecule has 1 rings (SSSR count). The van der Waals surface area contributed by atoms with Crippen molar-refractivity contribution in [2.24, 2.45) is 5.41 Å². The second kappa shape index (κ2) is 7.85. The molecule has 0 saturated carbocycles. The summed E-state index contributed by atoms with van der Waals surface area (Å²) in [5.74, 6) is -0.141. The number of hydrogen-bond acceptors (Lipinski definition) is 4. The molecule has 0 amide bonds. The van der Waals surface area contributed by atoms with Crippen LogP contribution < -0.4 is 5.32 Å². The fraction of sp³-hybridized carbons (Fsp3) is 0.933. The van der Waals surface area contributed by atoms with Crippen LogP contribution in [0.1, 0.15) is 46.5 Å². The topological polar surface area (TPSA) is 41.6 Å². The molecule has 0 aromatic heterocycles. The molecule has 0 radical (unpaired) electrons.